The molecule has 6 heteroatoms. The second-order valence-electron chi connectivity index (χ2n) is 5.86. The molecule has 5 nitrogen and oxygen atoms in total. The van der Waals surface area contributed by atoms with Crippen LogP contribution in [0.25, 0.3) is 0 Å². The molecule has 0 atom stereocenters. The first-order valence-electron chi connectivity index (χ1n) is 6.42. The van der Waals surface area contributed by atoms with Crippen LogP contribution in [0.2, 0.25) is 0 Å². The van der Waals surface area contributed by atoms with E-state index in [4.69, 9.17) is 4.74 Å². The van der Waals surface area contributed by atoms with Gasteiger partial charge in [0.15, 0.2) is 11.6 Å². The van der Waals surface area contributed by atoms with Gasteiger partial charge in [-0.05, 0) is 45.9 Å². The molecule has 0 bridgehead atoms. The van der Waals surface area contributed by atoms with Crippen molar-refractivity contribution in [2.45, 2.75) is 33.2 Å². The molecule has 1 rings (SSSR count). The van der Waals surface area contributed by atoms with Crippen LogP contribution in [0.1, 0.15) is 38.1 Å². The zero-order chi connectivity index (χ0) is 16.4. The lowest BCUT2D eigenvalue weighted by Crippen LogP contribution is -2.56. The molecule has 0 spiro atoms. The smallest absolute Gasteiger partial charge is 0.311 e. The van der Waals surface area contributed by atoms with Crippen LogP contribution in [0.3, 0.4) is 0 Å². The number of halogens is 1. The van der Waals surface area contributed by atoms with Gasteiger partial charge in [-0.15, -0.1) is 0 Å². The molecule has 0 heterocycles. The number of benzene rings is 1. The molecule has 21 heavy (non-hydrogen) atoms. The summed E-state index contributed by atoms with van der Waals surface area (Å²) in [7, 11) is 1.33. The predicted molar refractivity (Wildman–Crippen MR) is 75.9 cm³/mol. The molecule has 0 saturated carbocycles. The number of carboxylic acids is 1. The minimum atomic E-state index is -1.19. The Balaban J connectivity index is 3.00. The molecule has 2 N–H and O–H groups in total. The topological polar surface area (TPSA) is 75.6 Å². The maximum atomic E-state index is 13.6. The van der Waals surface area contributed by atoms with E-state index in [1.165, 1.54) is 33.1 Å². The van der Waals surface area contributed by atoms with Crippen LogP contribution in [0.4, 0.5) is 4.39 Å². The summed E-state index contributed by atoms with van der Waals surface area (Å²) >= 11 is 0. The summed E-state index contributed by atoms with van der Waals surface area (Å²) in [5, 5.41) is 11.9. The first-order valence-corrected chi connectivity index (χ1v) is 6.42. The van der Waals surface area contributed by atoms with E-state index in [1.54, 1.807) is 13.8 Å². The Morgan fingerprint density at radius 1 is 1.24 bits per heavy atom. The van der Waals surface area contributed by atoms with Gasteiger partial charge in [-0.25, -0.2) is 4.39 Å². The minimum absolute atomic E-state index is 0.0386. The Bertz CT molecular complexity index is 567. The normalized spacial score (nSPS) is 11.9. The SMILES string of the molecule is COc1ccc(C(=O)NC(C)(C)C(C)(C)C(=O)O)cc1F. The number of ether oxygens (including phenoxy) is 1. The van der Waals surface area contributed by atoms with Gasteiger partial charge < -0.3 is 15.2 Å². The number of carbonyl (C=O) groups is 2. The molecule has 0 aromatic heterocycles. The van der Waals surface area contributed by atoms with Gasteiger partial charge in [0, 0.05) is 5.56 Å². The summed E-state index contributed by atoms with van der Waals surface area (Å²) in [4.78, 5) is 23.5. The second kappa shape index (κ2) is 5.71. The second-order valence-corrected chi connectivity index (χ2v) is 5.86. The van der Waals surface area contributed by atoms with Gasteiger partial charge in [0.1, 0.15) is 0 Å². The van der Waals surface area contributed by atoms with E-state index < -0.39 is 28.6 Å². The first kappa shape index (κ1) is 16.9. The van der Waals surface area contributed by atoms with Gasteiger partial charge in [0.05, 0.1) is 18.1 Å². The van der Waals surface area contributed by atoms with Crippen LogP contribution < -0.4 is 10.1 Å². The molecule has 0 aliphatic rings. The molecule has 0 unspecified atom stereocenters. The van der Waals surface area contributed by atoms with Gasteiger partial charge in [0.25, 0.3) is 5.91 Å². The molecule has 0 fully saturated rings. The van der Waals surface area contributed by atoms with E-state index in [0.717, 1.165) is 6.07 Å². The van der Waals surface area contributed by atoms with Crippen molar-refractivity contribution in [3.05, 3.63) is 29.6 Å². The van der Waals surface area contributed by atoms with Crippen LogP contribution in [-0.2, 0) is 4.79 Å². The highest BCUT2D eigenvalue weighted by atomic mass is 19.1. The Kier molecular flexibility index (Phi) is 4.61. The summed E-state index contributed by atoms with van der Waals surface area (Å²) in [5.41, 5.74) is -2.11. The lowest BCUT2D eigenvalue weighted by molar-refractivity contribution is -0.150. The van der Waals surface area contributed by atoms with Crippen molar-refractivity contribution in [2.75, 3.05) is 7.11 Å². The highest BCUT2D eigenvalue weighted by molar-refractivity contribution is 5.95. The number of carbonyl (C=O) groups excluding carboxylic acids is 1. The van der Waals surface area contributed by atoms with Gasteiger partial charge in [-0.2, -0.15) is 0 Å². The minimum Gasteiger partial charge on any atom is -0.494 e. The summed E-state index contributed by atoms with van der Waals surface area (Å²) < 4.78 is 18.4. The van der Waals surface area contributed by atoms with Gasteiger partial charge >= 0.3 is 5.97 Å². The number of aliphatic carboxylic acids is 1. The number of hydrogen-bond acceptors (Lipinski definition) is 3. The number of carboxylic acid groups (broad SMARTS) is 1. The Morgan fingerprint density at radius 2 is 1.81 bits per heavy atom. The van der Waals surface area contributed by atoms with Crippen molar-refractivity contribution < 1.29 is 23.8 Å². The van der Waals surface area contributed by atoms with E-state index in [9.17, 15) is 19.1 Å². The monoisotopic (exact) mass is 297 g/mol. The third-order valence-electron chi connectivity index (χ3n) is 3.94. The fraction of sp³-hybridized carbons (Fsp3) is 0.467. The third-order valence-corrected chi connectivity index (χ3v) is 3.94. The molecule has 0 aliphatic carbocycles. The summed E-state index contributed by atoms with van der Waals surface area (Å²) in [6.07, 6.45) is 0. The van der Waals surface area contributed by atoms with Gasteiger partial charge in [0.2, 0.25) is 0 Å². The standard InChI is InChI=1S/C15H20FNO4/c1-14(2,13(19)20)15(3,4)17-12(18)9-6-7-11(21-5)10(16)8-9/h6-8H,1-5H3,(H,17,18)(H,19,20). The average Bonchev–Trinajstić information content (AvgIpc) is 2.37. The van der Waals surface area contributed by atoms with Crippen LogP contribution in [0.15, 0.2) is 18.2 Å². The van der Waals surface area contributed by atoms with Crippen molar-refractivity contribution in [3.63, 3.8) is 0 Å². The van der Waals surface area contributed by atoms with Gasteiger partial charge in [-0.3, -0.25) is 9.59 Å². The van der Waals surface area contributed by atoms with Crippen molar-refractivity contribution in [1.82, 2.24) is 5.32 Å². The van der Waals surface area contributed by atoms with E-state index in [-0.39, 0.29) is 11.3 Å². The van der Waals surface area contributed by atoms with E-state index in [2.05, 4.69) is 5.32 Å². The summed E-state index contributed by atoms with van der Waals surface area (Å²) in [6.45, 7) is 6.26. The highest BCUT2D eigenvalue weighted by Crippen LogP contribution is 2.31. The van der Waals surface area contributed by atoms with Crippen molar-refractivity contribution in [2.24, 2.45) is 5.41 Å². The predicted octanol–water partition coefficient (Wildman–Crippen LogP) is 2.45. The first-order chi connectivity index (χ1) is 9.52. The molecule has 116 valence electrons. The summed E-state index contributed by atoms with van der Waals surface area (Å²) in [6, 6.07) is 3.82. The zero-order valence-electron chi connectivity index (χ0n) is 12.8. The Labute approximate surface area is 123 Å². The number of rotatable bonds is 5. The van der Waals surface area contributed by atoms with Crippen LogP contribution in [-0.4, -0.2) is 29.6 Å². The van der Waals surface area contributed by atoms with Gasteiger partial charge in [-0.1, -0.05) is 0 Å². The maximum absolute atomic E-state index is 13.6. The van der Waals surface area contributed by atoms with Crippen molar-refractivity contribution >= 4 is 11.9 Å². The molecule has 0 radical (unpaired) electrons. The van der Waals surface area contributed by atoms with Crippen molar-refractivity contribution in [1.29, 1.82) is 0 Å². The lowest BCUT2D eigenvalue weighted by atomic mass is 9.74. The van der Waals surface area contributed by atoms with E-state index in [0.29, 0.717) is 0 Å². The quantitative estimate of drug-likeness (QED) is 0.875. The Morgan fingerprint density at radius 3 is 2.24 bits per heavy atom. The summed E-state index contributed by atoms with van der Waals surface area (Å²) in [5.74, 6) is -2.19. The Hall–Kier alpha value is -2.11. The highest BCUT2D eigenvalue weighted by Gasteiger charge is 2.44. The number of amides is 1. The largest absolute Gasteiger partial charge is 0.494 e. The fourth-order valence-electron chi connectivity index (χ4n) is 1.59. The molecule has 1 aromatic carbocycles. The third kappa shape index (κ3) is 3.32. The van der Waals surface area contributed by atoms with Crippen LogP contribution in [0, 0.1) is 11.2 Å². The fourth-order valence-corrected chi connectivity index (χ4v) is 1.59. The molecule has 1 aromatic rings. The molecule has 1 amide bonds. The molecular weight excluding hydrogens is 277 g/mol. The van der Waals surface area contributed by atoms with Crippen LogP contribution in [0.5, 0.6) is 5.75 Å². The number of hydrogen-bond donors (Lipinski definition) is 2. The number of nitrogens with one attached hydrogen (secondary N) is 1. The van der Waals surface area contributed by atoms with E-state index in [1.807, 2.05) is 0 Å². The maximum Gasteiger partial charge on any atom is 0.311 e. The number of methoxy groups -OCH3 is 1. The molecule has 0 saturated heterocycles. The van der Waals surface area contributed by atoms with Crippen LogP contribution >= 0.6 is 0 Å². The average molecular weight is 297 g/mol. The van der Waals surface area contributed by atoms with Crippen molar-refractivity contribution in [3.8, 4) is 5.75 Å². The van der Waals surface area contributed by atoms with E-state index >= 15 is 0 Å². The zero-order valence-corrected chi connectivity index (χ0v) is 12.8. The molecule has 0 aliphatic heterocycles. The lowest BCUT2D eigenvalue weighted by Gasteiger charge is -2.38. The molecular formula is C15H20FNO4.